The summed E-state index contributed by atoms with van der Waals surface area (Å²) in [4.78, 5) is 14.9. The van der Waals surface area contributed by atoms with Crippen LogP contribution in [-0.4, -0.2) is 49.1 Å². The molecule has 1 aliphatic carbocycles. The Morgan fingerprint density at radius 3 is 2.89 bits per heavy atom. The molecule has 4 nitrogen and oxygen atoms in total. The summed E-state index contributed by atoms with van der Waals surface area (Å²) in [5.74, 6) is 0.261. The third-order valence-electron chi connectivity index (χ3n) is 4.76. The monoisotopic (exact) mass is 251 g/mol. The van der Waals surface area contributed by atoms with E-state index in [0.717, 1.165) is 44.9 Å². The number of amides is 1. The summed E-state index contributed by atoms with van der Waals surface area (Å²) in [6.45, 7) is 6.23. The molecule has 2 N–H and O–H groups in total. The third-order valence-corrected chi connectivity index (χ3v) is 4.76. The molecule has 0 radical (unpaired) electrons. The molecule has 2 saturated heterocycles. The molecule has 0 aromatic carbocycles. The highest BCUT2D eigenvalue weighted by molar-refractivity contribution is 5.83. The van der Waals surface area contributed by atoms with E-state index in [-0.39, 0.29) is 11.3 Å². The number of hydrogen-bond acceptors (Lipinski definition) is 3. The molecular weight excluding hydrogens is 226 g/mol. The normalized spacial score (nSPS) is 37.7. The molecule has 1 saturated carbocycles. The molecule has 0 bridgehead atoms. The van der Waals surface area contributed by atoms with Crippen molar-refractivity contribution < 1.29 is 4.79 Å². The third kappa shape index (κ3) is 2.54. The molecule has 0 aromatic heterocycles. The zero-order valence-electron chi connectivity index (χ0n) is 11.4. The zero-order valence-corrected chi connectivity index (χ0v) is 11.4. The molecule has 3 aliphatic rings. The number of rotatable bonds is 3. The van der Waals surface area contributed by atoms with Crippen molar-refractivity contribution in [2.75, 3.05) is 26.2 Å². The fourth-order valence-electron chi connectivity index (χ4n) is 3.29. The van der Waals surface area contributed by atoms with Gasteiger partial charge in [-0.15, -0.1) is 0 Å². The van der Waals surface area contributed by atoms with Crippen LogP contribution in [0.3, 0.4) is 0 Å². The molecule has 2 heterocycles. The van der Waals surface area contributed by atoms with Gasteiger partial charge in [-0.2, -0.15) is 0 Å². The van der Waals surface area contributed by atoms with E-state index in [9.17, 15) is 4.79 Å². The molecule has 102 valence electrons. The second kappa shape index (κ2) is 4.82. The van der Waals surface area contributed by atoms with E-state index in [0.29, 0.717) is 6.04 Å². The Balaban J connectivity index is 1.51. The lowest BCUT2D eigenvalue weighted by atomic mass is 9.81. The average Bonchev–Trinajstić information content (AvgIpc) is 3.11. The molecule has 18 heavy (non-hydrogen) atoms. The maximum atomic E-state index is 12.4. The second-order valence-electron chi connectivity index (χ2n) is 6.53. The molecular formula is C14H25N3O. The first-order chi connectivity index (χ1) is 8.67. The van der Waals surface area contributed by atoms with Crippen LogP contribution in [0.15, 0.2) is 0 Å². The van der Waals surface area contributed by atoms with Crippen LogP contribution in [0.2, 0.25) is 0 Å². The molecule has 1 amide bonds. The Hall–Kier alpha value is -0.610. The summed E-state index contributed by atoms with van der Waals surface area (Å²) in [5, 5.41) is 6.63. The quantitative estimate of drug-likeness (QED) is 0.777. The molecule has 3 fully saturated rings. The largest absolute Gasteiger partial charge is 0.352 e. The fraction of sp³-hybridized carbons (Fsp3) is 0.929. The first-order valence-corrected chi connectivity index (χ1v) is 7.43. The number of likely N-dealkylation sites (tertiary alicyclic amines) is 1. The van der Waals surface area contributed by atoms with E-state index in [2.05, 4.69) is 22.5 Å². The van der Waals surface area contributed by atoms with Crippen molar-refractivity contribution in [3.8, 4) is 0 Å². The minimum Gasteiger partial charge on any atom is -0.352 e. The van der Waals surface area contributed by atoms with Gasteiger partial charge in [0.2, 0.25) is 5.91 Å². The van der Waals surface area contributed by atoms with E-state index >= 15 is 0 Å². The van der Waals surface area contributed by atoms with Crippen molar-refractivity contribution >= 4 is 5.91 Å². The summed E-state index contributed by atoms with van der Waals surface area (Å²) >= 11 is 0. The van der Waals surface area contributed by atoms with Crippen LogP contribution >= 0.6 is 0 Å². The molecule has 4 heteroatoms. The predicted octanol–water partition coefficient (Wildman–Crippen LogP) is 0.729. The SMILES string of the molecule is CC1(C(=O)NC2CCN(C3CC3)C2)CCCNC1. The van der Waals surface area contributed by atoms with Crippen LogP contribution in [0.5, 0.6) is 0 Å². The Morgan fingerprint density at radius 2 is 2.22 bits per heavy atom. The number of carbonyl (C=O) groups is 1. The van der Waals surface area contributed by atoms with Gasteiger partial charge in [-0.05, 0) is 45.6 Å². The highest BCUT2D eigenvalue weighted by Gasteiger charge is 2.38. The van der Waals surface area contributed by atoms with E-state index < -0.39 is 0 Å². The minimum absolute atomic E-state index is 0.189. The van der Waals surface area contributed by atoms with Crippen molar-refractivity contribution in [2.24, 2.45) is 5.41 Å². The average molecular weight is 251 g/mol. The Labute approximate surface area is 109 Å². The van der Waals surface area contributed by atoms with Gasteiger partial charge in [0.15, 0.2) is 0 Å². The van der Waals surface area contributed by atoms with Crippen LogP contribution in [0, 0.1) is 5.41 Å². The van der Waals surface area contributed by atoms with Gasteiger partial charge in [-0.25, -0.2) is 0 Å². The van der Waals surface area contributed by atoms with Crippen molar-refractivity contribution in [3.63, 3.8) is 0 Å². The van der Waals surface area contributed by atoms with E-state index in [1.807, 2.05) is 0 Å². The maximum absolute atomic E-state index is 12.4. The summed E-state index contributed by atoms with van der Waals surface area (Å²) in [6, 6.07) is 1.22. The lowest BCUT2D eigenvalue weighted by Crippen LogP contribution is -2.51. The molecule has 0 aromatic rings. The van der Waals surface area contributed by atoms with Gasteiger partial charge in [-0.3, -0.25) is 9.69 Å². The lowest BCUT2D eigenvalue weighted by Gasteiger charge is -2.33. The fourth-order valence-corrected chi connectivity index (χ4v) is 3.29. The van der Waals surface area contributed by atoms with E-state index in [1.165, 1.54) is 19.4 Å². The molecule has 3 rings (SSSR count). The van der Waals surface area contributed by atoms with Crippen LogP contribution in [0.25, 0.3) is 0 Å². The van der Waals surface area contributed by atoms with Crippen molar-refractivity contribution in [2.45, 2.75) is 51.1 Å². The highest BCUT2D eigenvalue weighted by Crippen LogP contribution is 2.30. The van der Waals surface area contributed by atoms with Gasteiger partial charge in [0.1, 0.15) is 0 Å². The first kappa shape index (κ1) is 12.4. The molecule has 2 aliphatic heterocycles. The van der Waals surface area contributed by atoms with Gasteiger partial charge in [0, 0.05) is 31.7 Å². The van der Waals surface area contributed by atoms with Gasteiger partial charge < -0.3 is 10.6 Å². The molecule has 0 spiro atoms. The van der Waals surface area contributed by atoms with Gasteiger partial charge in [0.25, 0.3) is 0 Å². The van der Waals surface area contributed by atoms with Crippen molar-refractivity contribution in [3.05, 3.63) is 0 Å². The smallest absolute Gasteiger partial charge is 0.227 e. The first-order valence-electron chi connectivity index (χ1n) is 7.43. The van der Waals surface area contributed by atoms with Gasteiger partial charge >= 0.3 is 0 Å². The van der Waals surface area contributed by atoms with Gasteiger partial charge in [-0.1, -0.05) is 0 Å². The predicted molar refractivity (Wildman–Crippen MR) is 71.4 cm³/mol. The van der Waals surface area contributed by atoms with Gasteiger partial charge in [0.05, 0.1) is 5.41 Å². The summed E-state index contributed by atoms with van der Waals surface area (Å²) in [5.41, 5.74) is -0.189. The van der Waals surface area contributed by atoms with E-state index in [1.54, 1.807) is 0 Å². The number of nitrogens with zero attached hydrogens (tertiary/aromatic N) is 1. The molecule has 2 unspecified atom stereocenters. The number of piperidine rings is 1. The topological polar surface area (TPSA) is 44.4 Å². The van der Waals surface area contributed by atoms with Crippen LogP contribution in [0.4, 0.5) is 0 Å². The minimum atomic E-state index is -0.189. The summed E-state index contributed by atoms with van der Waals surface area (Å²) in [6.07, 6.45) is 5.99. The summed E-state index contributed by atoms with van der Waals surface area (Å²) in [7, 11) is 0. The zero-order chi connectivity index (χ0) is 12.6. The number of hydrogen-bond donors (Lipinski definition) is 2. The lowest BCUT2D eigenvalue weighted by molar-refractivity contribution is -0.131. The van der Waals surface area contributed by atoms with Crippen LogP contribution in [0.1, 0.15) is 39.0 Å². The standard InChI is InChI=1S/C14H25N3O/c1-14(6-2-7-15-10-14)13(18)16-11-5-8-17(9-11)12-3-4-12/h11-12,15H,2-10H2,1H3,(H,16,18). The number of carbonyl (C=O) groups excluding carboxylic acids is 1. The number of nitrogens with one attached hydrogen (secondary N) is 2. The second-order valence-corrected chi connectivity index (χ2v) is 6.53. The maximum Gasteiger partial charge on any atom is 0.227 e. The Kier molecular flexibility index (Phi) is 3.32. The Bertz CT molecular complexity index is 321. The Morgan fingerprint density at radius 1 is 1.39 bits per heavy atom. The van der Waals surface area contributed by atoms with Crippen molar-refractivity contribution in [1.82, 2.24) is 15.5 Å². The van der Waals surface area contributed by atoms with Crippen LogP contribution in [-0.2, 0) is 4.79 Å². The highest BCUT2D eigenvalue weighted by atomic mass is 16.2. The van der Waals surface area contributed by atoms with Crippen LogP contribution < -0.4 is 10.6 Å². The van der Waals surface area contributed by atoms with Crippen molar-refractivity contribution in [1.29, 1.82) is 0 Å². The molecule has 2 atom stereocenters. The van der Waals surface area contributed by atoms with E-state index in [4.69, 9.17) is 0 Å². The summed E-state index contributed by atoms with van der Waals surface area (Å²) < 4.78 is 0.